The Morgan fingerprint density at radius 1 is 1.32 bits per heavy atom. The summed E-state index contributed by atoms with van der Waals surface area (Å²) in [4.78, 5) is 0. The highest BCUT2D eigenvalue weighted by Gasteiger charge is 2.58. The average molecular weight is 344 g/mol. The zero-order chi connectivity index (χ0) is 16.8. The van der Waals surface area contributed by atoms with Gasteiger partial charge in [-0.25, -0.2) is 0 Å². The van der Waals surface area contributed by atoms with Crippen LogP contribution in [0.3, 0.4) is 0 Å². The van der Waals surface area contributed by atoms with Crippen LogP contribution in [-0.2, 0) is 23.8 Å². The Kier molecular flexibility index (Phi) is 4.65. The SMILES string of the molecule is C=CCC[C@H]1C[C@H](OS(=O)(=O)C(F)(F)F)[C@@H]2OC(C)(C)O[C@H]12. The minimum atomic E-state index is -5.66. The highest BCUT2D eigenvalue weighted by Crippen LogP contribution is 2.45. The summed E-state index contributed by atoms with van der Waals surface area (Å²) in [5.41, 5.74) is -5.45. The normalized spacial score (nSPS) is 34.6. The molecule has 2 fully saturated rings. The van der Waals surface area contributed by atoms with Crippen molar-refractivity contribution in [3.63, 3.8) is 0 Å². The van der Waals surface area contributed by atoms with Gasteiger partial charge >= 0.3 is 15.6 Å². The molecule has 4 atom stereocenters. The van der Waals surface area contributed by atoms with E-state index < -0.39 is 39.7 Å². The lowest BCUT2D eigenvalue weighted by Gasteiger charge is -2.23. The van der Waals surface area contributed by atoms with Crippen LogP contribution < -0.4 is 0 Å². The number of hydrogen-bond acceptors (Lipinski definition) is 5. The molecule has 0 bridgehead atoms. The minimum Gasteiger partial charge on any atom is -0.344 e. The summed E-state index contributed by atoms with van der Waals surface area (Å²) < 4.78 is 75.5. The van der Waals surface area contributed by atoms with Crippen LogP contribution in [0.1, 0.15) is 33.1 Å². The average Bonchev–Trinajstić information content (AvgIpc) is 2.80. The second kappa shape index (κ2) is 5.77. The van der Waals surface area contributed by atoms with Crippen molar-refractivity contribution in [2.45, 2.75) is 62.7 Å². The molecule has 1 saturated carbocycles. The van der Waals surface area contributed by atoms with E-state index in [0.29, 0.717) is 12.8 Å². The van der Waals surface area contributed by atoms with Crippen LogP contribution in [0.25, 0.3) is 0 Å². The molecular weight excluding hydrogens is 325 g/mol. The fourth-order valence-electron chi connectivity index (χ4n) is 2.96. The van der Waals surface area contributed by atoms with Gasteiger partial charge in [-0.3, -0.25) is 4.18 Å². The van der Waals surface area contributed by atoms with Crippen molar-refractivity contribution in [3.8, 4) is 0 Å². The molecule has 0 amide bonds. The van der Waals surface area contributed by atoms with Crippen LogP contribution in [0.15, 0.2) is 12.7 Å². The van der Waals surface area contributed by atoms with E-state index in [-0.39, 0.29) is 12.3 Å². The van der Waals surface area contributed by atoms with Crippen molar-refractivity contribution in [3.05, 3.63) is 12.7 Å². The summed E-state index contributed by atoms with van der Waals surface area (Å²) in [7, 11) is -5.66. The molecule has 0 N–H and O–H groups in total. The minimum absolute atomic E-state index is 0.133. The van der Waals surface area contributed by atoms with Crippen LogP contribution in [0.5, 0.6) is 0 Å². The monoisotopic (exact) mass is 344 g/mol. The lowest BCUT2D eigenvalue weighted by Crippen LogP contribution is -2.36. The summed E-state index contributed by atoms with van der Waals surface area (Å²) in [5.74, 6) is -1.12. The first-order valence-electron chi connectivity index (χ1n) is 6.93. The maximum absolute atomic E-state index is 12.5. The van der Waals surface area contributed by atoms with Crippen LogP contribution in [-0.4, -0.2) is 38.0 Å². The van der Waals surface area contributed by atoms with Crippen molar-refractivity contribution >= 4 is 10.1 Å². The van der Waals surface area contributed by atoms with Gasteiger partial charge in [0.25, 0.3) is 0 Å². The van der Waals surface area contributed by atoms with E-state index in [0.717, 1.165) is 0 Å². The number of alkyl halides is 3. The van der Waals surface area contributed by atoms with E-state index in [2.05, 4.69) is 10.8 Å². The molecule has 1 saturated heterocycles. The zero-order valence-electron chi connectivity index (χ0n) is 12.3. The van der Waals surface area contributed by atoms with Gasteiger partial charge in [0, 0.05) is 0 Å². The molecule has 0 radical (unpaired) electrons. The van der Waals surface area contributed by atoms with Crippen LogP contribution in [0, 0.1) is 5.92 Å². The number of ether oxygens (including phenoxy) is 2. The third-order valence-electron chi connectivity index (χ3n) is 3.81. The fourth-order valence-corrected chi connectivity index (χ4v) is 3.58. The molecular formula is C13H19F3O5S. The largest absolute Gasteiger partial charge is 0.523 e. The molecule has 0 aromatic carbocycles. The van der Waals surface area contributed by atoms with E-state index >= 15 is 0 Å². The van der Waals surface area contributed by atoms with Crippen molar-refractivity contribution in [2.24, 2.45) is 5.92 Å². The van der Waals surface area contributed by atoms with E-state index in [9.17, 15) is 21.6 Å². The van der Waals surface area contributed by atoms with Gasteiger partial charge in [0.2, 0.25) is 0 Å². The Balaban J connectivity index is 2.17. The molecule has 0 aromatic rings. The molecule has 9 heteroatoms. The number of hydrogen-bond donors (Lipinski definition) is 0. The fraction of sp³-hybridized carbons (Fsp3) is 0.846. The van der Waals surface area contributed by atoms with Gasteiger partial charge in [-0.05, 0) is 39.0 Å². The van der Waals surface area contributed by atoms with Gasteiger partial charge < -0.3 is 9.47 Å². The second-order valence-corrected chi connectivity index (χ2v) is 7.52. The smallest absolute Gasteiger partial charge is 0.344 e. The van der Waals surface area contributed by atoms with Crippen molar-refractivity contribution in [1.29, 1.82) is 0 Å². The van der Waals surface area contributed by atoms with Crippen LogP contribution >= 0.6 is 0 Å². The van der Waals surface area contributed by atoms with Gasteiger partial charge in [-0.15, -0.1) is 6.58 Å². The van der Waals surface area contributed by atoms with Gasteiger partial charge in [0.1, 0.15) is 12.2 Å². The number of rotatable bonds is 5. The lowest BCUT2D eigenvalue weighted by molar-refractivity contribution is -0.165. The summed E-state index contributed by atoms with van der Waals surface area (Å²) in [6.45, 7) is 6.86. The molecule has 0 unspecified atom stereocenters. The summed E-state index contributed by atoms with van der Waals surface area (Å²) >= 11 is 0. The predicted molar refractivity (Wildman–Crippen MR) is 71.2 cm³/mol. The van der Waals surface area contributed by atoms with E-state index in [4.69, 9.17) is 9.47 Å². The Hall–Kier alpha value is -0.640. The third kappa shape index (κ3) is 3.47. The standard InChI is InChI=1S/C13H19F3O5S/c1-4-5-6-8-7-9(21-22(17,18)13(14,15)16)11-10(8)19-12(2,3)20-11/h4,8-11H,1,5-7H2,2-3H3/t8-,9-,10+,11-/m0/s1. The van der Waals surface area contributed by atoms with E-state index in [1.807, 2.05) is 0 Å². The Labute approximate surface area is 127 Å². The van der Waals surface area contributed by atoms with E-state index in [1.54, 1.807) is 19.9 Å². The Morgan fingerprint density at radius 3 is 2.45 bits per heavy atom. The van der Waals surface area contributed by atoms with Crippen LogP contribution in [0.2, 0.25) is 0 Å². The van der Waals surface area contributed by atoms with Gasteiger partial charge in [0.15, 0.2) is 5.79 Å². The summed E-state index contributed by atoms with van der Waals surface area (Å²) in [6, 6.07) is 0. The molecule has 1 aliphatic heterocycles. The first kappa shape index (κ1) is 17.7. The Morgan fingerprint density at radius 2 is 1.91 bits per heavy atom. The number of halogens is 3. The zero-order valence-corrected chi connectivity index (χ0v) is 13.1. The highest BCUT2D eigenvalue weighted by molar-refractivity contribution is 7.87. The quantitative estimate of drug-likeness (QED) is 0.436. The third-order valence-corrected chi connectivity index (χ3v) is 4.87. The first-order valence-corrected chi connectivity index (χ1v) is 8.34. The van der Waals surface area contributed by atoms with Crippen molar-refractivity contribution in [2.75, 3.05) is 0 Å². The van der Waals surface area contributed by atoms with Gasteiger partial charge in [-0.1, -0.05) is 6.08 Å². The molecule has 2 aliphatic rings. The molecule has 22 heavy (non-hydrogen) atoms. The van der Waals surface area contributed by atoms with Crippen molar-refractivity contribution in [1.82, 2.24) is 0 Å². The maximum atomic E-state index is 12.5. The molecule has 0 spiro atoms. The lowest BCUT2D eigenvalue weighted by atomic mass is 9.99. The van der Waals surface area contributed by atoms with Crippen LogP contribution in [0.4, 0.5) is 13.2 Å². The molecule has 0 aromatic heterocycles. The van der Waals surface area contributed by atoms with Gasteiger partial charge in [-0.2, -0.15) is 21.6 Å². The number of allylic oxidation sites excluding steroid dienone is 1. The second-order valence-electron chi connectivity index (χ2n) is 5.96. The summed E-state index contributed by atoms with van der Waals surface area (Å²) in [5, 5.41) is 0. The highest BCUT2D eigenvalue weighted by atomic mass is 32.2. The first-order chi connectivity index (χ1) is 9.97. The summed E-state index contributed by atoms with van der Waals surface area (Å²) in [6.07, 6.45) is 0.580. The molecule has 5 nitrogen and oxygen atoms in total. The van der Waals surface area contributed by atoms with Crippen molar-refractivity contribution < 1.29 is 35.2 Å². The maximum Gasteiger partial charge on any atom is 0.523 e. The number of fused-ring (bicyclic) bond motifs is 1. The predicted octanol–water partition coefficient (Wildman–Crippen LogP) is 2.73. The van der Waals surface area contributed by atoms with Gasteiger partial charge in [0.05, 0.1) is 6.10 Å². The molecule has 2 rings (SSSR count). The van der Waals surface area contributed by atoms with E-state index in [1.165, 1.54) is 0 Å². The topological polar surface area (TPSA) is 61.8 Å². The molecule has 1 heterocycles. The molecule has 128 valence electrons. The molecule has 1 aliphatic carbocycles. The Bertz CT molecular complexity index is 528.